The summed E-state index contributed by atoms with van der Waals surface area (Å²) in [5.41, 5.74) is 0.0492. The zero-order valence-corrected chi connectivity index (χ0v) is 11.6. The summed E-state index contributed by atoms with van der Waals surface area (Å²) in [6.07, 6.45) is 1.08. The predicted molar refractivity (Wildman–Crippen MR) is 71.5 cm³/mol. The summed E-state index contributed by atoms with van der Waals surface area (Å²) in [5, 5.41) is 9.74. The fourth-order valence-electron chi connectivity index (χ4n) is 2.82. The van der Waals surface area contributed by atoms with Gasteiger partial charge >= 0.3 is 0 Å². The van der Waals surface area contributed by atoms with E-state index in [4.69, 9.17) is 0 Å². The van der Waals surface area contributed by atoms with Gasteiger partial charge in [-0.2, -0.15) is 0 Å². The lowest BCUT2D eigenvalue weighted by Crippen LogP contribution is -2.48. The largest absolute Gasteiger partial charge is 0.507 e. The number of hydrogen-bond acceptors (Lipinski definition) is 2. The molecule has 1 aromatic rings. The second-order valence-electron chi connectivity index (χ2n) is 5.68. The first-order valence-corrected chi connectivity index (χ1v) is 6.69. The Morgan fingerprint density at radius 1 is 1.37 bits per heavy atom. The van der Waals surface area contributed by atoms with E-state index in [1.54, 1.807) is 4.90 Å². The lowest BCUT2D eigenvalue weighted by Gasteiger charge is -2.41. The number of phenols is 1. The van der Waals surface area contributed by atoms with Crippen LogP contribution in [-0.2, 0) is 0 Å². The molecule has 1 N–H and O–H groups in total. The molecule has 0 saturated carbocycles. The van der Waals surface area contributed by atoms with Gasteiger partial charge in [-0.3, -0.25) is 4.79 Å². The third-order valence-electron chi connectivity index (χ3n) is 4.05. The highest BCUT2D eigenvalue weighted by atomic mass is 19.1. The van der Waals surface area contributed by atoms with Crippen molar-refractivity contribution in [1.29, 1.82) is 0 Å². The van der Waals surface area contributed by atoms with Gasteiger partial charge < -0.3 is 10.0 Å². The van der Waals surface area contributed by atoms with Crippen molar-refractivity contribution >= 4 is 5.91 Å². The minimum atomic E-state index is -0.507. The number of amides is 1. The normalized spacial score (nSPS) is 27.4. The Morgan fingerprint density at radius 3 is 2.74 bits per heavy atom. The van der Waals surface area contributed by atoms with E-state index in [1.165, 1.54) is 6.07 Å². The van der Waals surface area contributed by atoms with Crippen molar-refractivity contribution in [3.63, 3.8) is 0 Å². The molecule has 3 atom stereocenters. The summed E-state index contributed by atoms with van der Waals surface area (Å²) < 4.78 is 13.2. The van der Waals surface area contributed by atoms with Gasteiger partial charge in [0.05, 0.1) is 5.56 Å². The number of carbonyl (C=O) groups excluding carboxylic acids is 1. The molecule has 104 valence electrons. The standard InChI is InChI=1S/C15H20FNO2/c1-9-6-10(2)11(3)17(8-9)15(19)13-7-12(16)4-5-14(13)18/h4-5,7,9-11,18H,6,8H2,1-3H3. The average molecular weight is 265 g/mol. The van der Waals surface area contributed by atoms with Crippen molar-refractivity contribution in [3.05, 3.63) is 29.6 Å². The molecule has 3 nitrogen and oxygen atoms in total. The van der Waals surface area contributed by atoms with E-state index in [0.29, 0.717) is 18.4 Å². The van der Waals surface area contributed by atoms with Crippen LogP contribution < -0.4 is 0 Å². The van der Waals surface area contributed by atoms with Gasteiger partial charge in [0.15, 0.2) is 0 Å². The number of rotatable bonds is 1. The fourth-order valence-corrected chi connectivity index (χ4v) is 2.82. The van der Waals surface area contributed by atoms with Crippen molar-refractivity contribution in [2.75, 3.05) is 6.54 Å². The van der Waals surface area contributed by atoms with Crippen LogP contribution in [0.4, 0.5) is 4.39 Å². The van der Waals surface area contributed by atoms with Crippen LogP contribution in [0.1, 0.15) is 37.6 Å². The minimum Gasteiger partial charge on any atom is -0.507 e. The Morgan fingerprint density at radius 2 is 2.05 bits per heavy atom. The summed E-state index contributed by atoms with van der Waals surface area (Å²) in [7, 11) is 0. The Hall–Kier alpha value is -1.58. The minimum absolute atomic E-state index is 0.0492. The van der Waals surface area contributed by atoms with Gasteiger partial charge in [-0.1, -0.05) is 13.8 Å². The molecule has 0 radical (unpaired) electrons. The highest BCUT2D eigenvalue weighted by molar-refractivity contribution is 5.97. The van der Waals surface area contributed by atoms with Gasteiger partial charge in [0.25, 0.3) is 5.91 Å². The molecule has 0 bridgehead atoms. The summed E-state index contributed by atoms with van der Waals surface area (Å²) in [4.78, 5) is 14.2. The maximum absolute atomic E-state index is 13.2. The zero-order chi connectivity index (χ0) is 14.2. The van der Waals surface area contributed by atoms with Gasteiger partial charge in [-0.25, -0.2) is 4.39 Å². The number of hydrogen-bond donors (Lipinski definition) is 1. The second-order valence-corrected chi connectivity index (χ2v) is 5.68. The monoisotopic (exact) mass is 265 g/mol. The lowest BCUT2D eigenvalue weighted by atomic mass is 9.85. The number of likely N-dealkylation sites (tertiary alicyclic amines) is 1. The molecule has 0 spiro atoms. The number of phenolic OH excluding ortho intramolecular Hbond substituents is 1. The second kappa shape index (κ2) is 5.19. The highest BCUT2D eigenvalue weighted by Crippen LogP contribution is 2.30. The number of benzene rings is 1. The Balaban J connectivity index is 2.30. The quantitative estimate of drug-likeness (QED) is 0.848. The molecule has 1 aromatic carbocycles. The third kappa shape index (κ3) is 2.72. The van der Waals surface area contributed by atoms with Crippen molar-refractivity contribution in [2.45, 2.75) is 33.2 Å². The van der Waals surface area contributed by atoms with Crippen LogP contribution in [0.3, 0.4) is 0 Å². The molecule has 1 aliphatic heterocycles. The van der Waals surface area contributed by atoms with E-state index in [2.05, 4.69) is 13.8 Å². The molecule has 4 heteroatoms. The number of aromatic hydroxyl groups is 1. The Kier molecular flexibility index (Phi) is 3.78. The Labute approximate surface area is 113 Å². The van der Waals surface area contributed by atoms with E-state index in [-0.39, 0.29) is 23.3 Å². The van der Waals surface area contributed by atoms with Gasteiger partial charge in [0.1, 0.15) is 11.6 Å². The van der Waals surface area contributed by atoms with Gasteiger partial charge in [0.2, 0.25) is 0 Å². The first-order valence-electron chi connectivity index (χ1n) is 6.69. The molecular formula is C15H20FNO2. The van der Waals surface area contributed by atoms with Crippen LogP contribution in [-0.4, -0.2) is 28.5 Å². The van der Waals surface area contributed by atoms with Gasteiger partial charge in [-0.15, -0.1) is 0 Å². The van der Waals surface area contributed by atoms with Crippen molar-refractivity contribution in [2.24, 2.45) is 11.8 Å². The number of piperidine rings is 1. The number of halogens is 1. The van der Waals surface area contributed by atoms with E-state index in [0.717, 1.165) is 18.6 Å². The third-order valence-corrected chi connectivity index (χ3v) is 4.05. The molecule has 1 aliphatic rings. The molecule has 1 amide bonds. The molecular weight excluding hydrogens is 245 g/mol. The molecule has 1 saturated heterocycles. The van der Waals surface area contributed by atoms with Crippen LogP contribution in [0, 0.1) is 17.7 Å². The van der Waals surface area contributed by atoms with Crippen LogP contribution in [0.25, 0.3) is 0 Å². The summed E-state index contributed by atoms with van der Waals surface area (Å²) in [6.45, 7) is 6.88. The fraction of sp³-hybridized carbons (Fsp3) is 0.533. The summed E-state index contributed by atoms with van der Waals surface area (Å²) in [6, 6.07) is 3.58. The first kappa shape index (κ1) is 13.8. The number of carbonyl (C=O) groups is 1. The lowest BCUT2D eigenvalue weighted by molar-refractivity contribution is 0.0452. The maximum Gasteiger partial charge on any atom is 0.257 e. The number of nitrogens with zero attached hydrogens (tertiary/aromatic N) is 1. The van der Waals surface area contributed by atoms with E-state index in [1.807, 2.05) is 6.92 Å². The molecule has 1 fully saturated rings. The Bertz CT molecular complexity index is 489. The summed E-state index contributed by atoms with van der Waals surface area (Å²) >= 11 is 0. The smallest absolute Gasteiger partial charge is 0.257 e. The molecule has 3 unspecified atom stereocenters. The van der Waals surface area contributed by atoms with Gasteiger partial charge in [0, 0.05) is 12.6 Å². The molecule has 19 heavy (non-hydrogen) atoms. The first-order chi connectivity index (χ1) is 8.90. The molecule has 2 rings (SSSR count). The molecule has 1 heterocycles. The SMILES string of the molecule is CC1CC(C)C(C)N(C(=O)c2cc(F)ccc2O)C1. The van der Waals surface area contributed by atoms with Crippen molar-refractivity contribution in [1.82, 2.24) is 4.90 Å². The van der Waals surface area contributed by atoms with Crippen molar-refractivity contribution in [3.8, 4) is 5.75 Å². The average Bonchev–Trinajstić information content (AvgIpc) is 2.36. The summed E-state index contributed by atoms with van der Waals surface area (Å²) in [5.74, 6) is -0.131. The topological polar surface area (TPSA) is 40.5 Å². The van der Waals surface area contributed by atoms with Crippen LogP contribution >= 0.6 is 0 Å². The molecule has 0 aliphatic carbocycles. The predicted octanol–water partition coefficient (Wildman–Crippen LogP) is 3.04. The van der Waals surface area contributed by atoms with Crippen LogP contribution in [0.2, 0.25) is 0 Å². The van der Waals surface area contributed by atoms with Crippen LogP contribution in [0.5, 0.6) is 5.75 Å². The highest BCUT2D eigenvalue weighted by Gasteiger charge is 2.33. The zero-order valence-electron chi connectivity index (χ0n) is 11.6. The van der Waals surface area contributed by atoms with Crippen molar-refractivity contribution < 1.29 is 14.3 Å². The van der Waals surface area contributed by atoms with E-state index in [9.17, 15) is 14.3 Å². The maximum atomic E-state index is 13.2. The van der Waals surface area contributed by atoms with Crippen LogP contribution in [0.15, 0.2) is 18.2 Å². The van der Waals surface area contributed by atoms with E-state index < -0.39 is 5.82 Å². The van der Waals surface area contributed by atoms with E-state index >= 15 is 0 Å². The van der Waals surface area contributed by atoms with Gasteiger partial charge in [-0.05, 0) is 43.4 Å². The molecule has 0 aromatic heterocycles.